The molecule has 2 aliphatic rings. The van der Waals surface area contributed by atoms with Gasteiger partial charge < -0.3 is 30.0 Å². The van der Waals surface area contributed by atoms with Gasteiger partial charge in [-0.25, -0.2) is 9.97 Å². The maximum atomic E-state index is 6.16. The average Bonchev–Trinajstić information content (AvgIpc) is 3.59. The summed E-state index contributed by atoms with van der Waals surface area (Å²) >= 11 is 0. The molecule has 8 heteroatoms. The van der Waals surface area contributed by atoms with E-state index in [-0.39, 0.29) is 24.3 Å². The molecule has 0 aliphatic carbocycles. The van der Waals surface area contributed by atoms with E-state index in [1.165, 1.54) is 10.9 Å². The second-order valence-electron chi connectivity index (χ2n) is 9.40. The van der Waals surface area contributed by atoms with Crippen molar-refractivity contribution >= 4 is 22.5 Å². The minimum Gasteiger partial charge on any atom is -0.378 e. The van der Waals surface area contributed by atoms with Crippen molar-refractivity contribution in [1.82, 2.24) is 20.3 Å². The fourth-order valence-corrected chi connectivity index (χ4v) is 5.00. The van der Waals surface area contributed by atoms with Crippen molar-refractivity contribution in [2.45, 2.75) is 30.8 Å². The quantitative estimate of drug-likeness (QED) is 0.381. The summed E-state index contributed by atoms with van der Waals surface area (Å²) in [6.07, 6.45) is 3.82. The van der Waals surface area contributed by atoms with Gasteiger partial charge in [0.1, 0.15) is 12.2 Å². The zero-order valence-electron chi connectivity index (χ0n) is 19.9. The highest BCUT2D eigenvalue weighted by molar-refractivity contribution is 5.83. The average molecular weight is 471 g/mol. The minimum atomic E-state index is -0.0397. The monoisotopic (exact) mass is 470 g/mol. The number of nitrogens with one attached hydrogen (secondary N) is 3. The maximum Gasteiger partial charge on any atom is 0.223 e. The topological polar surface area (TPSA) is 87.3 Å². The fraction of sp³-hybridized carbons (Fsp3) is 0.333. The number of aromatic nitrogens is 3. The maximum absolute atomic E-state index is 6.16. The lowest BCUT2D eigenvalue weighted by Gasteiger charge is -2.18. The van der Waals surface area contributed by atoms with Crippen LogP contribution in [0.3, 0.4) is 0 Å². The van der Waals surface area contributed by atoms with Crippen molar-refractivity contribution in [1.29, 1.82) is 0 Å². The number of hydrogen-bond acceptors (Lipinski definition) is 7. The Bertz CT molecular complexity index is 1300. The van der Waals surface area contributed by atoms with E-state index in [0.29, 0.717) is 19.2 Å². The first-order valence-electron chi connectivity index (χ1n) is 12.0. The van der Waals surface area contributed by atoms with Gasteiger partial charge in [0.15, 0.2) is 0 Å². The van der Waals surface area contributed by atoms with Crippen LogP contribution < -0.4 is 15.5 Å². The van der Waals surface area contributed by atoms with Crippen LogP contribution in [-0.4, -0.2) is 66.6 Å². The molecule has 2 fully saturated rings. The van der Waals surface area contributed by atoms with Crippen molar-refractivity contribution in [2.75, 3.05) is 37.5 Å². The first kappa shape index (κ1) is 22.0. The van der Waals surface area contributed by atoms with Crippen LogP contribution in [0.1, 0.15) is 5.56 Å². The Morgan fingerprint density at radius 1 is 0.971 bits per heavy atom. The minimum absolute atomic E-state index is 0.000494. The van der Waals surface area contributed by atoms with E-state index in [2.05, 4.69) is 74.2 Å². The number of aromatic amines is 1. The molecule has 2 aromatic carbocycles. The summed E-state index contributed by atoms with van der Waals surface area (Å²) in [5.41, 5.74) is 5.50. The molecule has 8 nitrogen and oxygen atoms in total. The predicted octanol–water partition coefficient (Wildman–Crippen LogP) is 3.43. The standard InChI is InChI=1S/C27H30N6O2/c1-33(2)19-9-7-17(8-10-19)21-11-12-28-27(31-21)32-24-16-35-25-23(15-34-26(24)25)30-14-18-13-29-22-6-4-3-5-20(18)22/h3-13,23-26,29-30H,14-16H2,1-2H3,(H,28,31,32)/t23-,24-,25+,26+/m0/s1. The Morgan fingerprint density at radius 2 is 1.74 bits per heavy atom. The molecule has 3 N–H and O–H groups in total. The van der Waals surface area contributed by atoms with Gasteiger partial charge in [0.25, 0.3) is 0 Å². The first-order chi connectivity index (χ1) is 17.2. The Hall–Kier alpha value is -3.46. The summed E-state index contributed by atoms with van der Waals surface area (Å²) in [6.45, 7) is 1.95. The summed E-state index contributed by atoms with van der Waals surface area (Å²) in [5.74, 6) is 0.590. The van der Waals surface area contributed by atoms with Crippen molar-refractivity contribution < 1.29 is 9.47 Å². The van der Waals surface area contributed by atoms with Crippen LogP contribution in [0.2, 0.25) is 0 Å². The zero-order chi connectivity index (χ0) is 23.8. The number of para-hydroxylation sites is 1. The smallest absolute Gasteiger partial charge is 0.223 e. The van der Waals surface area contributed by atoms with Gasteiger partial charge in [-0.1, -0.05) is 30.3 Å². The molecule has 2 aliphatic heterocycles. The third kappa shape index (κ3) is 4.36. The number of ether oxygens (including phenoxy) is 2. The third-order valence-electron chi connectivity index (χ3n) is 6.93. The Balaban J connectivity index is 1.09. The second kappa shape index (κ2) is 9.30. The molecule has 0 saturated carbocycles. The van der Waals surface area contributed by atoms with Gasteiger partial charge in [-0.05, 0) is 29.8 Å². The summed E-state index contributed by atoms with van der Waals surface area (Å²) < 4.78 is 12.3. The van der Waals surface area contributed by atoms with Crippen LogP contribution in [0.5, 0.6) is 0 Å². The molecule has 4 aromatic rings. The molecule has 2 saturated heterocycles. The molecule has 4 atom stereocenters. The van der Waals surface area contributed by atoms with Crippen molar-refractivity contribution in [3.05, 3.63) is 72.6 Å². The molecule has 4 heterocycles. The number of benzene rings is 2. The van der Waals surface area contributed by atoms with Gasteiger partial charge in [-0.2, -0.15) is 0 Å². The molecule has 0 spiro atoms. The summed E-state index contributed by atoms with van der Waals surface area (Å²) in [7, 11) is 4.07. The first-order valence-corrected chi connectivity index (χ1v) is 12.0. The van der Waals surface area contributed by atoms with Gasteiger partial charge in [0.05, 0.1) is 31.0 Å². The van der Waals surface area contributed by atoms with Crippen LogP contribution in [0.25, 0.3) is 22.2 Å². The van der Waals surface area contributed by atoms with E-state index in [4.69, 9.17) is 14.5 Å². The fourth-order valence-electron chi connectivity index (χ4n) is 5.00. The number of rotatable bonds is 7. The molecule has 6 rings (SSSR count). The number of nitrogens with zero attached hydrogens (tertiary/aromatic N) is 3. The Labute approximate surface area is 204 Å². The van der Waals surface area contributed by atoms with E-state index in [0.717, 1.165) is 29.0 Å². The number of H-pyrrole nitrogens is 1. The largest absolute Gasteiger partial charge is 0.378 e. The van der Waals surface area contributed by atoms with Crippen LogP contribution >= 0.6 is 0 Å². The van der Waals surface area contributed by atoms with E-state index >= 15 is 0 Å². The summed E-state index contributed by atoms with van der Waals surface area (Å²) in [6, 6.07) is 18.8. The Kier molecular flexibility index (Phi) is 5.85. The lowest BCUT2D eigenvalue weighted by molar-refractivity contribution is 0.0675. The summed E-state index contributed by atoms with van der Waals surface area (Å²) in [5, 5.41) is 8.34. The van der Waals surface area contributed by atoms with Crippen molar-refractivity contribution in [3.8, 4) is 11.3 Å². The molecule has 0 unspecified atom stereocenters. The van der Waals surface area contributed by atoms with Gasteiger partial charge in [0, 0.05) is 55.2 Å². The van der Waals surface area contributed by atoms with Gasteiger partial charge in [-0.15, -0.1) is 0 Å². The van der Waals surface area contributed by atoms with E-state index in [1.54, 1.807) is 6.20 Å². The molecule has 0 amide bonds. The zero-order valence-corrected chi connectivity index (χ0v) is 19.9. The van der Waals surface area contributed by atoms with Crippen LogP contribution in [-0.2, 0) is 16.0 Å². The van der Waals surface area contributed by atoms with Crippen molar-refractivity contribution in [2.24, 2.45) is 0 Å². The van der Waals surface area contributed by atoms with E-state index in [9.17, 15) is 0 Å². The predicted molar refractivity (Wildman–Crippen MR) is 138 cm³/mol. The van der Waals surface area contributed by atoms with Crippen LogP contribution in [0.15, 0.2) is 67.0 Å². The molecule has 0 bridgehead atoms. The van der Waals surface area contributed by atoms with Gasteiger partial charge in [0.2, 0.25) is 5.95 Å². The molecule has 35 heavy (non-hydrogen) atoms. The highest BCUT2D eigenvalue weighted by Gasteiger charge is 2.47. The normalized spacial score (nSPS) is 23.5. The lowest BCUT2D eigenvalue weighted by atomic mass is 10.1. The second-order valence-corrected chi connectivity index (χ2v) is 9.40. The third-order valence-corrected chi connectivity index (χ3v) is 6.93. The molecular formula is C27H30N6O2. The SMILES string of the molecule is CN(C)c1ccc(-c2ccnc(N[C@H]3CO[C@H]4[C@@H]3OC[C@@H]4NCc3c[nH]c4ccccc34)n2)cc1. The van der Waals surface area contributed by atoms with Crippen LogP contribution in [0.4, 0.5) is 11.6 Å². The van der Waals surface area contributed by atoms with Crippen molar-refractivity contribution in [3.63, 3.8) is 0 Å². The van der Waals surface area contributed by atoms with E-state index in [1.807, 2.05) is 26.2 Å². The molecule has 0 radical (unpaired) electrons. The molecule has 2 aromatic heterocycles. The highest BCUT2D eigenvalue weighted by atomic mass is 16.6. The number of hydrogen-bond donors (Lipinski definition) is 3. The summed E-state index contributed by atoms with van der Waals surface area (Å²) in [4.78, 5) is 14.6. The number of anilines is 2. The van der Waals surface area contributed by atoms with Crippen LogP contribution in [0, 0.1) is 0 Å². The van der Waals surface area contributed by atoms with E-state index < -0.39 is 0 Å². The Morgan fingerprint density at radius 3 is 2.57 bits per heavy atom. The lowest BCUT2D eigenvalue weighted by Crippen LogP contribution is -2.41. The number of fused-ring (bicyclic) bond motifs is 2. The highest BCUT2D eigenvalue weighted by Crippen LogP contribution is 2.30. The van der Waals surface area contributed by atoms with Gasteiger partial charge in [-0.3, -0.25) is 0 Å². The van der Waals surface area contributed by atoms with Gasteiger partial charge >= 0.3 is 0 Å². The molecular weight excluding hydrogens is 440 g/mol. The molecule has 180 valence electrons.